The van der Waals surface area contributed by atoms with E-state index in [9.17, 15) is 0 Å². The van der Waals surface area contributed by atoms with E-state index in [0.717, 1.165) is 24.6 Å². The number of rotatable bonds is 8. The zero-order chi connectivity index (χ0) is 14.3. The Hall–Kier alpha value is -1.42. The van der Waals surface area contributed by atoms with Gasteiger partial charge in [0.1, 0.15) is 5.75 Å². The Kier molecular flexibility index (Phi) is 6.50. The lowest BCUT2D eigenvalue weighted by molar-refractivity contribution is 0.118. The molecule has 0 aromatic heterocycles. The number of anilines is 2. The summed E-state index contributed by atoms with van der Waals surface area (Å²) in [5.74, 6) is 1.36. The molecule has 19 heavy (non-hydrogen) atoms. The maximum atomic E-state index is 5.85. The first kappa shape index (κ1) is 15.6. The van der Waals surface area contributed by atoms with Crippen LogP contribution >= 0.6 is 0 Å². The quantitative estimate of drug-likeness (QED) is 0.560. The minimum absolute atomic E-state index is 0.143. The third kappa shape index (κ3) is 6.91. The Morgan fingerprint density at radius 2 is 1.89 bits per heavy atom. The van der Waals surface area contributed by atoms with E-state index in [2.05, 4.69) is 19.2 Å². The summed E-state index contributed by atoms with van der Waals surface area (Å²) in [7, 11) is 0. The average Bonchev–Trinajstić information content (AvgIpc) is 2.26. The Balaban J connectivity index is 2.42. The lowest BCUT2D eigenvalue weighted by atomic mass is 10.2. The molecule has 108 valence electrons. The molecule has 1 aromatic carbocycles. The molecule has 0 bridgehead atoms. The number of nitrogens with one attached hydrogen (secondary N) is 1. The summed E-state index contributed by atoms with van der Waals surface area (Å²) in [4.78, 5) is 0. The van der Waals surface area contributed by atoms with E-state index in [-0.39, 0.29) is 6.10 Å². The van der Waals surface area contributed by atoms with E-state index in [0.29, 0.717) is 18.2 Å². The van der Waals surface area contributed by atoms with Gasteiger partial charge in [-0.25, -0.2) is 0 Å². The first-order chi connectivity index (χ1) is 8.97. The van der Waals surface area contributed by atoms with Gasteiger partial charge in [0.2, 0.25) is 0 Å². The summed E-state index contributed by atoms with van der Waals surface area (Å²) < 4.78 is 11.2. The molecule has 0 radical (unpaired) electrons. The molecule has 0 aliphatic carbocycles. The number of hydrogen-bond donors (Lipinski definition) is 2. The first-order valence-electron chi connectivity index (χ1n) is 6.86. The van der Waals surface area contributed by atoms with Gasteiger partial charge in [0, 0.05) is 36.7 Å². The molecule has 0 aliphatic rings. The number of nitrogens with two attached hydrogens (primary N) is 1. The second-order valence-electron chi connectivity index (χ2n) is 5.35. The summed E-state index contributed by atoms with van der Waals surface area (Å²) in [6.45, 7) is 10.5. The van der Waals surface area contributed by atoms with E-state index in [4.69, 9.17) is 15.2 Å². The Morgan fingerprint density at radius 3 is 2.53 bits per heavy atom. The maximum absolute atomic E-state index is 5.85. The van der Waals surface area contributed by atoms with Gasteiger partial charge in [0.15, 0.2) is 0 Å². The first-order valence-corrected chi connectivity index (χ1v) is 6.86. The molecule has 1 rings (SSSR count). The van der Waals surface area contributed by atoms with Gasteiger partial charge in [-0.2, -0.15) is 0 Å². The van der Waals surface area contributed by atoms with Crippen molar-refractivity contribution in [2.75, 3.05) is 30.8 Å². The van der Waals surface area contributed by atoms with Crippen LogP contribution in [0.15, 0.2) is 18.2 Å². The minimum Gasteiger partial charge on any atom is -0.491 e. The highest BCUT2D eigenvalue weighted by Gasteiger charge is 2.02. The van der Waals surface area contributed by atoms with E-state index < -0.39 is 0 Å². The molecule has 0 saturated heterocycles. The van der Waals surface area contributed by atoms with Crippen molar-refractivity contribution in [1.29, 1.82) is 0 Å². The van der Waals surface area contributed by atoms with E-state index in [1.165, 1.54) is 0 Å². The standard InChI is InChI=1S/C15H26N2O2/c1-11(2)10-18-6-5-17-14-7-13(16)8-15(9-14)19-12(3)4/h7-9,11-12,17H,5-6,10,16H2,1-4H3. The predicted molar refractivity (Wildman–Crippen MR) is 80.8 cm³/mol. The molecule has 0 heterocycles. The molecule has 0 spiro atoms. The van der Waals surface area contributed by atoms with Gasteiger partial charge in [-0.15, -0.1) is 0 Å². The molecule has 4 heteroatoms. The molecule has 0 atom stereocenters. The van der Waals surface area contributed by atoms with Crippen LogP contribution in [-0.2, 0) is 4.74 Å². The topological polar surface area (TPSA) is 56.5 Å². The minimum atomic E-state index is 0.143. The largest absolute Gasteiger partial charge is 0.491 e. The molecule has 4 nitrogen and oxygen atoms in total. The van der Waals surface area contributed by atoms with Crippen LogP contribution in [0.3, 0.4) is 0 Å². The zero-order valence-electron chi connectivity index (χ0n) is 12.4. The van der Waals surface area contributed by atoms with E-state index >= 15 is 0 Å². The van der Waals surface area contributed by atoms with Gasteiger partial charge >= 0.3 is 0 Å². The second-order valence-corrected chi connectivity index (χ2v) is 5.35. The fraction of sp³-hybridized carbons (Fsp3) is 0.600. The highest BCUT2D eigenvalue weighted by molar-refractivity contribution is 5.59. The van der Waals surface area contributed by atoms with Crippen LogP contribution < -0.4 is 15.8 Å². The van der Waals surface area contributed by atoms with Gasteiger partial charge < -0.3 is 20.5 Å². The number of ether oxygens (including phenoxy) is 2. The summed E-state index contributed by atoms with van der Waals surface area (Å²) >= 11 is 0. The van der Waals surface area contributed by atoms with Crippen molar-refractivity contribution < 1.29 is 9.47 Å². The number of hydrogen-bond acceptors (Lipinski definition) is 4. The second kappa shape index (κ2) is 7.89. The van der Waals surface area contributed by atoms with Gasteiger partial charge in [0.05, 0.1) is 12.7 Å². The summed E-state index contributed by atoms with van der Waals surface area (Å²) in [6, 6.07) is 5.69. The van der Waals surface area contributed by atoms with Crippen LogP contribution in [0.1, 0.15) is 27.7 Å². The average molecular weight is 266 g/mol. The van der Waals surface area contributed by atoms with Crippen molar-refractivity contribution in [2.24, 2.45) is 5.92 Å². The fourth-order valence-corrected chi connectivity index (χ4v) is 1.65. The highest BCUT2D eigenvalue weighted by Crippen LogP contribution is 2.23. The summed E-state index contributed by atoms with van der Waals surface area (Å²) in [6.07, 6.45) is 0.143. The van der Waals surface area contributed by atoms with Gasteiger partial charge in [-0.3, -0.25) is 0 Å². The van der Waals surface area contributed by atoms with Crippen molar-refractivity contribution in [3.63, 3.8) is 0 Å². The lowest BCUT2D eigenvalue weighted by Gasteiger charge is -2.13. The molecule has 0 saturated carbocycles. The van der Waals surface area contributed by atoms with Gasteiger partial charge in [0.25, 0.3) is 0 Å². The van der Waals surface area contributed by atoms with Crippen molar-refractivity contribution >= 4 is 11.4 Å². The van der Waals surface area contributed by atoms with Crippen molar-refractivity contribution in [2.45, 2.75) is 33.8 Å². The summed E-state index contributed by atoms with van der Waals surface area (Å²) in [5, 5.41) is 3.29. The van der Waals surface area contributed by atoms with Crippen LogP contribution in [0.4, 0.5) is 11.4 Å². The monoisotopic (exact) mass is 266 g/mol. The Morgan fingerprint density at radius 1 is 1.16 bits per heavy atom. The molecular weight excluding hydrogens is 240 g/mol. The highest BCUT2D eigenvalue weighted by atomic mass is 16.5. The molecule has 3 N–H and O–H groups in total. The molecule has 0 unspecified atom stereocenters. The van der Waals surface area contributed by atoms with Crippen molar-refractivity contribution in [1.82, 2.24) is 0 Å². The molecular formula is C15H26N2O2. The van der Waals surface area contributed by atoms with Crippen LogP contribution in [0, 0.1) is 5.92 Å². The normalized spacial score (nSPS) is 11.1. The Bertz CT molecular complexity index is 378. The van der Waals surface area contributed by atoms with Gasteiger partial charge in [-0.1, -0.05) is 13.8 Å². The third-order valence-corrected chi connectivity index (χ3v) is 2.33. The fourth-order valence-electron chi connectivity index (χ4n) is 1.65. The zero-order valence-corrected chi connectivity index (χ0v) is 12.4. The SMILES string of the molecule is CC(C)COCCNc1cc(N)cc(OC(C)C)c1. The predicted octanol–water partition coefficient (Wildman–Crippen LogP) is 3.14. The van der Waals surface area contributed by atoms with Crippen LogP contribution in [0.25, 0.3) is 0 Å². The van der Waals surface area contributed by atoms with Crippen LogP contribution in [-0.4, -0.2) is 25.9 Å². The van der Waals surface area contributed by atoms with Gasteiger partial charge in [-0.05, 0) is 25.8 Å². The molecule has 0 fully saturated rings. The van der Waals surface area contributed by atoms with Crippen molar-refractivity contribution in [3.05, 3.63) is 18.2 Å². The third-order valence-electron chi connectivity index (χ3n) is 2.33. The maximum Gasteiger partial charge on any atom is 0.123 e. The van der Waals surface area contributed by atoms with Crippen LogP contribution in [0.2, 0.25) is 0 Å². The lowest BCUT2D eigenvalue weighted by Crippen LogP contribution is -2.12. The molecule has 0 amide bonds. The Labute approximate surface area is 116 Å². The van der Waals surface area contributed by atoms with E-state index in [1.807, 2.05) is 32.0 Å². The van der Waals surface area contributed by atoms with E-state index in [1.54, 1.807) is 0 Å². The van der Waals surface area contributed by atoms with Crippen LogP contribution in [0.5, 0.6) is 5.75 Å². The summed E-state index contributed by atoms with van der Waals surface area (Å²) in [5.41, 5.74) is 7.51. The smallest absolute Gasteiger partial charge is 0.123 e. The van der Waals surface area contributed by atoms with Crippen molar-refractivity contribution in [3.8, 4) is 5.75 Å². The number of benzene rings is 1. The molecule has 0 aliphatic heterocycles. The molecule has 1 aromatic rings. The number of nitrogen functional groups attached to an aromatic ring is 1.